The van der Waals surface area contributed by atoms with Crippen molar-refractivity contribution in [2.45, 2.75) is 32.2 Å². The lowest BCUT2D eigenvalue weighted by Gasteiger charge is -2.17. The first-order valence-electron chi connectivity index (χ1n) is 6.34. The molecule has 1 saturated carbocycles. The van der Waals surface area contributed by atoms with E-state index in [1.807, 2.05) is 14.0 Å². The van der Waals surface area contributed by atoms with Gasteiger partial charge in [-0.25, -0.2) is 0 Å². The maximum Gasteiger partial charge on any atom is 0.133 e. The van der Waals surface area contributed by atoms with Crippen LogP contribution >= 0.6 is 15.9 Å². The Morgan fingerprint density at radius 3 is 2.76 bits per heavy atom. The minimum absolute atomic E-state index is 0.467. The van der Waals surface area contributed by atoms with Crippen LogP contribution < -0.4 is 10.1 Å². The molecule has 2 rings (SSSR count). The van der Waals surface area contributed by atoms with Gasteiger partial charge in [-0.2, -0.15) is 0 Å². The molecule has 0 heterocycles. The summed E-state index contributed by atoms with van der Waals surface area (Å²) in [5.41, 5.74) is 1.34. The lowest BCUT2D eigenvalue weighted by atomic mass is 10.0. The highest BCUT2D eigenvalue weighted by Crippen LogP contribution is 2.38. The van der Waals surface area contributed by atoms with Gasteiger partial charge in [0.2, 0.25) is 0 Å². The summed E-state index contributed by atoms with van der Waals surface area (Å²) in [6.07, 6.45) is 4.05. The zero-order chi connectivity index (χ0) is 12.3. The summed E-state index contributed by atoms with van der Waals surface area (Å²) in [5, 5.41) is 3.41. The van der Waals surface area contributed by atoms with Crippen LogP contribution in [-0.4, -0.2) is 13.7 Å². The third-order valence-corrected chi connectivity index (χ3v) is 3.89. The fraction of sp³-hybridized carbons (Fsp3) is 0.571. The minimum Gasteiger partial charge on any atom is -0.493 e. The lowest BCUT2D eigenvalue weighted by Crippen LogP contribution is -2.17. The molecule has 0 saturated heterocycles. The second-order valence-electron chi connectivity index (χ2n) is 4.64. The van der Waals surface area contributed by atoms with Crippen molar-refractivity contribution in [2.75, 3.05) is 13.7 Å². The summed E-state index contributed by atoms with van der Waals surface area (Å²) in [6, 6.07) is 6.86. The first-order chi connectivity index (χ1) is 8.24. The van der Waals surface area contributed by atoms with Crippen LogP contribution in [0.1, 0.15) is 37.8 Å². The van der Waals surface area contributed by atoms with Crippen molar-refractivity contribution in [3.05, 3.63) is 28.2 Å². The van der Waals surface area contributed by atoms with E-state index in [1.165, 1.54) is 24.8 Å². The summed E-state index contributed by atoms with van der Waals surface area (Å²) in [6.45, 7) is 2.71. The van der Waals surface area contributed by atoms with E-state index < -0.39 is 0 Å². The fourth-order valence-corrected chi connectivity index (χ4v) is 2.62. The molecule has 0 aromatic heterocycles. The summed E-state index contributed by atoms with van der Waals surface area (Å²) in [7, 11) is 2.04. The highest BCUT2D eigenvalue weighted by atomic mass is 79.9. The molecule has 94 valence electrons. The molecular weight excluding hydrogens is 278 g/mol. The van der Waals surface area contributed by atoms with Crippen LogP contribution in [-0.2, 0) is 0 Å². The average molecular weight is 298 g/mol. The lowest BCUT2D eigenvalue weighted by molar-refractivity contribution is 0.338. The zero-order valence-electron chi connectivity index (χ0n) is 10.5. The number of rotatable bonds is 6. The van der Waals surface area contributed by atoms with Crippen LogP contribution in [0.3, 0.4) is 0 Å². The maximum absolute atomic E-state index is 5.53. The van der Waals surface area contributed by atoms with E-state index in [2.05, 4.69) is 39.4 Å². The number of benzene rings is 1. The summed E-state index contributed by atoms with van der Waals surface area (Å²) in [5.74, 6) is 1.86. The topological polar surface area (TPSA) is 21.3 Å². The smallest absolute Gasteiger partial charge is 0.133 e. The molecule has 0 bridgehead atoms. The van der Waals surface area contributed by atoms with Gasteiger partial charge in [0.1, 0.15) is 5.75 Å². The van der Waals surface area contributed by atoms with Gasteiger partial charge in [-0.15, -0.1) is 0 Å². The van der Waals surface area contributed by atoms with Crippen LogP contribution in [0.5, 0.6) is 5.75 Å². The van der Waals surface area contributed by atoms with Gasteiger partial charge in [-0.3, -0.25) is 0 Å². The fourth-order valence-electron chi connectivity index (χ4n) is 2.11. The van der Waals surface area contributed by atoms with E-state index in [9.17, 15) is 0 Å². The average Bonchev–Trinajstić information content (AvgIpc) is 3.13. The second kappa shape index (κ2) is 5.87. The molecule has 0 spiro atoms. The van der Waals surface area contributed by atoms with E-state index in [4.69, 9.17) is 4.74 Å². The quantitative estimate of drug-likeness (QED) is 0.860. The first-order valence-corrected chi connectivity index (χ1v) is 7.13. The van der Waals surface area contributed by atoms with Crippen LogP contribution in [0, 0.1) is 5.92 Å². The predicted molar refractivity (Wildman–Crippen MR) is 74.5 cm³/mol. The van der Waals surface area contributed by atoms with Crippen molar-refractivity contribution in [3.63, 3.8) is 0 Å². The van der Waals surface area contributed by atoms with E-state index >= 15 is 0 Å². The van der Waals surface area contributed by atoms with Gasteiger partial charge in [0.15, 0.2) is 0 Å². The Kier molecular flexibility index (Phi) is 4.46. The van der Waals surface area contributed by atoms with Gasteiger partial charge < -0.3 is 10.1 Å². The van der Waals surface area contributed by atoms with Crippen LogP contribution in [0.2, 0.25) is 0 Å². The number of hydrogen-bond acceptors (Lipinski definition) is 2. The molecule has 0 radical (unpaired) electrons. The maximum atomic E-state index is 5.53. The molecule has 0 aliphatic heterocycles. The molecule has 0 amide bonds. The normalized spacial score (nSPS) is 16.9. The third kappa shape index (κ3) is 3.46. The van der Waals surface area contributed by atoms with Crippen molar-refractivity contribution in [3.8, 4) is 5.75 Å². The van der Waals surface area contributed by atoms with E-state index in [-0.39, 0.29) is 0 Å². The van der Waals surface area contributed by atoms with Gasteiger partial charge in [0.05, 0.1) is 11.1 Å². The Morgan fingerprint density at radius 1 is 1.47 bits per heavy atom. The number of halogens is 1. The Hall–Kier alpha value is -0.540. The van der Waals surface area contributed by atoms with Crippen LogP contribution in [0.4, 0.5) is 0 Å². The molecule has 1 unspecified atom stereocenters. The van der Waals surface area contributed by atoms with Crippen molar-refractivity contribution in [2.24, 2.45) is 5.92 Å². The van der Waals surface area contributed by atoms with Crippen molar-refractivity contribution in [1.29, 1.82) is 0 Å². The van der Waals surface area contributed by atoms with Gasteiger partial charge in [0, 0.05) is 6.04 Å². The highest BCUT2D eigenvalue weighted by Gasteiger charge is 2.25. The summed E-state index contributed by atoms with van der Waals surface area (Å²) >= 11 is 3.57. The van der Waals surface area contributed by atoms with Crippen molar-refractivity contribution >= 4 is 15.9 Å². The molecule has 1 aliphatic rings. The molecule has 2 nitrogen and oxygen atoms in total. The Balaban J connectivity index is 2.10. The van der Waals surface area contributed by atoms with E-state index in [0.717, 1.165) is 16.1 Å². The standard InChI is InChI=1S/C14H20BrNO/c1-3-17-14-7-6-11(9-12(14)15)13(16-2)8-10-4-5-10/h6-7,9-10,13,16H,3-5,8H2,1-2H3. The second-order valence-corrected chi connectivity index (χ2v) is 5.50. The van der Waals surface area contributed by atoms with Crippen LogP contribution in [0.25, 0.3) is 0 Å². The molecule has 17 heavy (non-hydrogen) atoms. The molecule has 1 aromatic carbocycles. The molecule has 1 fully saturated rings. The number of nitrogens with one attached hydrogen (secondary N) is 1. The molecule has 1 atom stereocenters. The highest BCUT2D eigenvalue weighted by molar-refractivity contribution is 9.10. The monoisotopic (exact) mass is 297 g/mol. The number of hydrogen-bond donors (Lipinski definition) is 1. The van der Waals surface area contributed by atoms with E-state index in [1.54, 1.807) is 0 Å². The Bertz CT molecular complexity index is 376. The van der Waals surface area contributed by atoms with Gasteiger partial charge in [0.25, 0.3) is 0 Å². The van der Waals surface area contributed by atoms with Gasteiger partial charge in [-0.1, -0.05) is 18.9 Å². The summed E-state index contributed by atoms with van der Waals surface area (Å²) < 4.78 is 6.58. The molecule has 1 N–H and O–H groups in total. The Labute approximate surface area is 112 Å². The van der Waals surface area contributed by atoms with Crippen LogP contribution in [0.15, 0.2) is 22.7 Å². The Morgan fingerprint density at radius 2 is 2.24 bits per heavy atom. The molecule has 1 aliphatic carbocycles. The van der Waals surface area contributed by atoms with E-state index in [0.29, 0.717) is 12.6 Å². The largest absolute Gasteiger partial charge is 0.493 e. The van der Waals surface area contributed by atoms with Gasteiger partial charge in [-0.05, 0) is 59.9 Å². The minimum atomic E-state index is 0.467. The third-order valence-electron chi connectivity index (χ3n) is 3.27. The number of ether oxygens (including phenoxy) is 1. The SMILES string of the molecule is CCOc1ccc(C(CC2CC2)NC)cc1Br. The first kappa shape index (κ1) is 12.9. The van der Waals surface area contributed by atoms with Gasteiger partial charge >= 0.3 is 0 Å². The zero-order valence-corrected chi connectivity index (χ0v) is 12.1. The predicted octanol–water partition coefficient (Wildman–Crippen LogP) is 3.91. The summed E-state index contributed by atoms with van der Waals surface area (Å²) in [4.78, 5) is 0. The molecule has 3 heteroatoms. The molecule has 1 aromatic rings. The van der Waals surface area contributed by atoms with Crippen molar-refractivity contribution in [1.82, 2.24) is 5.32 Å². The molecular formula is C14H20BrNO. The van der Waals surface area contributed by atoms with Crippen molar-refractivity contribution < 1.29 is 4.74 Å².